The fourth-order valence-corrected chi connectivity index (χ4v) is 3.31. The van der Waals surface area contributed by atoms with E-state index < -0.39 is 0 Å². The molecule has 1 heterocycles. The van der Waals surface area contributed by atoms with E-state index in [0.29, 0.717) is 6.79 Å². The van der Waals surface area contributed by atoms with Crippen molar-refractivity contribution in [2.45, 2.75) is 6.42 Å². The van der Waals surface area contributed by atoms with Crippen molar-refractivity contribution in [2.75, 3.05) is 6.79 Å². The van der Waals surface area contributed by atoms with Gasteiger partial charge in [0.25, 0.3) is 0 Å². The SMILES string of the molecule is C1=Cc2ccc3c4c(ccc3c2=CC1)C1=C(C=4)OCO1. The maximum Gasteiger partial charge on any atom is 0.231 e. The lowest BCUT2D eigenvalue weighted by Gasteiger charge is -2.09. The number of hydrogen-bond acceptors (Lipinski definition) is 2. The first-order valence-electron chi connectivity index (χ1n) is 6.86. The molecule has 20 heavy (non-hydrogen) atoms. The van der Waals surface area contributed by atoms with E-state index in [9.17, 15) is 0 Å². The molecule has 0 atom stereocenters. The normalized spacial score (nSPS) is 17.8. The summed E-state index contributed by atoms with van der Waals surface area (Å²) in [6, 6.07) is 8.75. The van der Waals surface area contributed by atoms with E-state index in [1.165, 1.54) is 26.8 Å². The quantitative estimate of drug-likeness (QED) is 0.724. The van der Waals surface area contributed by atoms with E-state index in [1.54, 1.807) is 0 Å². The van der Waals surface area contributed by atoms with E-state index in [0.717, 1.165) is 23.5 Å². The van der Waals surface area contributed by atoms with Gasteiger partial charge in [-0.15, -0.1) is 0 Å². The molecule has 0 N–H and O–H groups in total. The molecule has 2 heteroatoms. The van der Waals surface area contributed by atoms with Crippen LogP contribution < -0.4 is 10.4 Å². The largest absolute Gasteiger partial charge is 0.454 e. The Labute approximate surface area is 115 Å². The second-order valence-electron chi connectivity index (χ2n) is 5.28. The minimum atomic E-state index is 0.335. The van der Waals surface area contributed by atoms with Crippen LogP contribution in [-0.2, 0) is 9.47 Å². The van der Waals surface area contributed by atoms with E-state index >= 15 is 0 Å². The lowest BCUT2D eigenvalue weighted by Crippen LogP contribution is -2.15. The van der Waals surface area contributed by atoms with Gasteiger partial charge >= 0.3 is 0 Å². The van der Waals surface area contributed by atoms with E-state index in [2.05, 4.69) is 48.6 Å². The molecule has 0 bridgehead atoms. The van der Waals surface area contributed by atoms with Gasteiger partial charge in [0.1, 0.15) is 0 Å². The number of fused-ring (bicyclic) bond motifs is 6. The topological polar surface area (TPSA) is 18.5 Å². The van der Waals surface area contributed by atoms with Crippen molar-refractivity contribution in [2.24, 2.45) is 0 Å². The maximum absolute atomic E-state index is 5.57. The lowest BCUT2D eigenvalue weighted by atomic mass is 9.96. The van der Waals surface area contributed by atoms with Crippen molar-refractivity contribution in [3.8, 4) is 0 Å². The molecule has 1 aliphatic heterocycles. The molecule has 2 aromatic rings. The summed E-state index contributed by atoms with van der Waals surface area (Å²) in [6.45, 7) is 0.335. The number of ether oxygens (including phenoxy) is 2. The van der Waals surface area contributed by atoms with Crippen molar-refractivity contribution in [1.82, 2.24) is 0 Å². The number of benzene rings is 2. The van der Waals surface area contributed by atoms with Crippen molar-refractivity contribution in [1.29, 1.82) is 0 Å². The zero-order valence-electron chi connectivity index (χ0n) is 10.8. The van der Waals surface area contributed by atoms with Crippen LogP contribution in [0.15, 0.2) is 36.1 Å². The maximum atomic E-state index is 5.57. The predicted molar refractivity (Wildman–Crippen MR) is 79.7 cm³/mol. The van der Waals surface area contributed by atoms with Crippen molar-refractivity contribution in [3.05, 3.63) is 57.7 Å². The zero-order valence-corrected chi connectivity index (χ0v) is 10.8. The first-order valence-corrected chi connectivity index (χ1v) is 6.86. The molecule has 96 valence electrons. The molecular formula is C18H12O2. The van der Waals surface area contributed by atoms with Gasteiger partial charge in [-0.2, -0.15) is 0 Å². The Balaban J connectivity index is 1.92. The smallest absolute Gasteiger partial charge is 0.231 e. The van der Waals surface area contributed by atoms with Gasteiger partial charge < -0.3 is 9.47 Å². The van der Waals surface area contributed by atoms with E-state index in [4.69, 9.17) is 9.47 Å². The van der Waals surface area contributed by atoms with Gasteiger partial charge in [0.05, 0.1) is 0 Å². The van der Waals surface area contributed by atoms with E-state index in [-0.39, 0.29) is 0 Å². The van der Waals surface area contributed by atoms with Crippen molar-refractivity contribution >= 4 is 34.8 Å². The van der Waals surface area contributed by atoms with Gasteiger partial charge in [0, 0.05) is 5.56 Å². The van der Waals surface area contributed by atoms with Gasteiger partial charge in [0.15, 0.2) is 11.5 Å². The first kappa shape index (κ1) is 10.3. The second-order valence-corrected chi connectivity index (χ2v) is 5.28. The van der Waals surface area contributed by atoms with Crippen LogP contribution in [0.3, 0.4) is 0 Å². The summed E-state index contributed by atoms with van der Waals surface area (Å²) in [4.78, 5) is 0. The Morgan fingerprint density at radius 1 is 0.900 bits per heavy atom. The highest BCUT2D eigenvalue weighted by atomic mass is 16.7. The molecule has 2 nitrogen and oxygen atoms in total. The highest BCUT2D eigenvalue weighted by Crippen LogP contribution is 2.31. The Kier molecular flexibility index (Phi) is 1.83. The average molecular weight is 260 g/mol. The monoisotopic (exact) mass is 260 g/mol. The standard InChI is InChI=1S/C18H12O2/c1-2-4-12-11(3-1)5-6-14-13(12)7-8-15-16(14)9-17-18(15)20-10-19-17/h1,3-9H,2,10H2. The molecule has 0 aromatic heterocycles. The molecule has 3 aliphatic rings. The molecule has 2 aromatic carbocycles. The van der Waals surface area contributed by atoms with Crippen LogP contribution in [-0.4, -0.2) is 6.79 Å². The van der Waals surface area contributed by atoms with Crippen LogP contribution >= 0.6 is 0 Å². The van der Waals surface area contributed by atoms with Crippen molar-refractivity contribution in [3.63, 3.8) is 0 Å². The fourth-order valence-electron chi connectivity index (χ4n) is 3.31. The Bertz CT molecular complexity index is 946. The minimum Gasteiger partial charge on any atom is -0.454 e. The van der Waals surface area contributed by atoms with Crippen LogP contribution in [0.1, 0.15) is 17.5 Å². The van der Waals surface area contributed by atoms with Gasteiger partial charge in [-0.1, -0.05) is 36.4 Å². The minimum absolute atomic E-state index is 0.335. The molecule has 5 rings (SSSR count). The lowest BCUT2D eigenvalue weighted by molar-refractivity contribution is 0.0929. The average Bonchev–Trinajstić information content (AvgIpc) is 3.07. The number of hydrogen-bond donors (Lipinski definition) is 0. The Hall–Kier alpha value is -2.48. The third-order valence-corrected chi connectivity index (χ3v) is 4.23. The van der Waals surface area contributed by atoms with Gasteiger partial charge in [-0.25, -0.2) is 0 Å². The van der Waals surface area contributed by atoms with Crippen molar-refractivity contribution < 1.29 is 9.47 Å². The molecule has 0 saturated carbocycles. The fraction of sp³-hybridized carbons (Fsp3) is 0.111. The summed E-state index contributed by atoms with van der Waals surface area (Å²) in [5.41, 5.74) is 2.45. The van der Waals surface area contributed by atoms with E-state index in [1.807, 2.05) is 0 Å². The summed E-state index contributed by atoms with van der Waals surface area (Å²) in [6.07, 6.45) is 9.81. The summed E-state index contributed by atoms with van der Waals surface area (Å²) in [7, 11) is 0. The summed E-state index contributed by atoms with van der Waals surface area (Å²) in [5.74, 6) is 1.76. The van der Waals surface area contributed by atoms with Crippen LogP contribution in [0.2, 0.25) is 0 Å². The molecular weight excluding hydrogens is 248 g/mol. The number of allylic oxidation sites excluding steroid dienone is 2. The molecule has 2 aliphatic carbocycles. The van der Waals surface area contributed by atoms with Gasteiger partial charge in [-0.05, 0) is 45.3 Å². The summed E-state index contributed by atoms with van der Waals surface area (Å²) in [5, 5.41) is 5.14. The molecule has 0 spiro atoms. The Morgan fingerprint density at radius 3 is 2.80 bits per heavy atom. The van der Waals surface area contributed by atoms with Gasteiger partial charge in [-0.3, -0.25) is 0 Å². The van der Waals surface area contributed by atoms with Crippen LogP contribution in [0.5, 0.6) is 0 Å². The van der Waals surface area contributed by atoms with Crippen LogP contribution in [0, 0.1) is 0 Å². The van der Waals surface area contributed by atoms with Crippen LogP contribution in [0.4, 0.5) is 0 Å². The summed E-state index contributed by atoms with van der Waals surface area (Å²) >= 11 is 0. The molecule has 0 radical (unpaired) electrons. The molecule has 0 fully saturated rings. The van der Waals surface area contributed by atoms with Gasteiger partial charge in [0.2, 0.25) is 6.79 Å². The molecule has 0 unspecified atom stereocenters. The summed E-state index contributed by atoms with van der Waals surface area (Å²) < 4.78 is 11.1. The van der Waals surface area contributed by atoms with Crippen LogP contribution in [0.25, 0.3) is 34.8 Å². The highest BCUT2D eigenvalue weighted by molar-refractivity contribution is 5.94. The molecule has 0 amide bonds. The number of rotatable bonds is 0. The second kappa shape index (κ2) is 3.54. The Morgan fingerprint density at radius 2 is 1.80 bits per heavy atom. The first-order chi connectivity index (χ1) is 9.92. The third-order valence-electron chi connectivity index (χ3n) is 4.23. The zero-order chi connectivity index (χ0) is 13.1. The highest BCUT2D eigenvalue weighted by Gasteiger charge is 2.24. The predicted octanol–water partition coefficient (Wildman–Crippen LogP) is 2.50. The molecule has 0 saturated heterocycles. The third kappa shape index (κ3) is 1.19.